The highest BCUT2D eigenvalue weighted by Crippen LogP contribution is 2.18. The number of nitrogens with zero attached hydrogens (tertiary/aromatic N) is 1. The molecule has 1 saturated carbocycles. The largest absolute Gasteiger partial charge is 0.335 e. The Labute approximate surface area is 120 Å². The molecule has 20 heavy (non-hydrogen) atoms. The molecule has 0 unspecified atom stereocenters. The molecule has 106 valence electrons. The maximum atomic E-state index is 11.9. The van der Waals surface area contributed by atoms with Crippen molar-refractivity contribution in [2.45, 2.75) is 31.8 Å². The van der Waals surface area contributed by atoms with E-state index in [2.05, 4.69) is 17.2 Å². The normalized spacial score (nSPS) is 13.9. The molecule has 0 aliphatic heterocycles. The molecule has 0 aromatic heterocycles. The van der Waals surface area contributed by atoms with Crippen LogP contribution in [0.25, 0.3) is 0 Å². The molecular formula is C16H21N3O. The summed E-state index contributed by atoms with van der Waals surface area (Å²) in [5, 5.41) is 3.03. The van der Waals surface area contributed by atoms with Crippen LogP contribution in [0, 0.1) is 11.8 Å². The first-order valence-electron chi connectivity index (χ1n) is 6.98. The summed E-state index contributed by atoms with van der Waals surface area (Å²) in [6.45, 7) is 0.967. The van der Waals surface area contributed by atoms with Gasteiger partial charge in [0, 0.05) is 25.2 Å². The molecular weight excluding hydrogens is 250 g/mol. The lowest BCUT2D eigenvalue weighted by molar-refractivity contribution is 0.195. The third kappa shape index (κ3) is 4.01. The molecule has 2 amide bonds. The van der Waals surface area contributed by atoms with Crippen molar-refractivity contribution in [1.29, 1.82) is 0 Å². The van der Waals surface area contributed by atoms with Crippen molar-refractivity contribution in [3.63, 3.8) is 0 Å². The van der Waals surface area contributed by atoms with Gasteiger partial charge < -0.3 is 16.0 Å². The van der Waals surface area contributed by atoms with Crippen LogP contribution < -0.4 is 11.1 Å². The standard InChI is InChI=1S/C16H21N3O/c1-19(16(20)18-15-5-2-6-15)12-14-9-7-13(8-10-14)4-3-11-17/h7-10,15H,2,5-6,11-12,17H2,1H3,(H,18,20). The van der Waals surface area contributed by atoms with Gasteiger partial charge in [0.2, 0.25) is 0 Å². The van der Waals surface area contributed by atoms with E-state index >= 15 is 0 Å². The second-order valence-corrected chi connectivity index (χ2v) is 5.14. The number of nitrogens with two attached hydrogens (primary N) is 1. The Morgan fingerprint density at radius 1 is 1.40 bits per heavy atom. The number of benzene rings is 1. The van der Waals surface area contributed by atoms with Gasteiger partial charge in [0.15, 0.2) is 0 Å². The summed E-state index contributed by atoms with van der Waals surface area (Å²) in [4.78, 5) is 13.6. The van der Waals surface area contributed by atoms with Crippen molar-refractivity contribution in [2.75, 3.05) is 13.6 Å². The fourth-order valence-electron chi connectivity index (χ4n) is 2.03. The van der Waals surface area contributed by atoms with Crippen LogP contribution in [0.15, 0.2) is 24.3 Å². The highest BCUT2D eigenvalue weighted by molar-refractivity contribution is 5.74. The average Bonchev–Trinajstić information content (AvgIpc) is 2.41. The zero-order valence-corrected chi connectivity index (χ0v) is 11.9. The van der Waals surface area contributed by atoms with Crippen LogP contribution in [-0.4, -0.2) is 30.6 Å². The molecule has 4 heteroatoms. The van der Waals surface area contributed by atoms with Crippen LogP contribution in [-0.2, 0) is 6.54 Å². The molecule has 1 aliphatic carbocycles. The highest BCUT2D eigenvalue weighted by Gasteiger charge is 2.20. The minimum absolute atomic E-state index is 0.00157. The van der Waals surface area contributed by atoms with Crippen molar-refractivity contribution in [3.8, 4) is 11.8 Å². The minimum Gasteiger partial charge on any atom is -0.335 e. The zero-order chi connectivity index (χ0) is 14.4. The summed E-state index contributed by atoms with van der Waals surface area (Å²) in [6.07, 6.45) is 3.43. The van der Waals surface area contributed by atoms with E-state index in [1.54, 1.807) is 4.90 Å². The number of amides is 2. The van der Waals surface area contributed by atoms with Gasteiger partial charge in [-0.2, -0.15) is 0 Å². The lowest BCUT2D eigenvalue weighted by atomic mass is 9.93. The molecule has 1 aromatic carbocycles. The molecule has 0 radical (unpaired) electrons. The van der Waals surface area contributed by atoms with Crippen LogP contribution in [0.5, 0.6) is 0 Å². The van der Waals surface area contributed by atoms with Gasteiger partial charge in [0.05, 0.1) is 6.54 Å². The minimum atomic E-state index is 0.00157. The molecule has 0 heterocycles. The van der Waals surface area contributed by atoms with Crippen LogP contribution in [0.1, 0.15) is 30.4 Å². The van der Waals surface area contributed by atoms with E-state index in [9.17, 15) is 4.79 Å². The van der Waals surface area contributed by atoms with E-state index < -0.39 is 0 Å². The third-order valence-electron chi connectivity index (χ3n) is 3.49. The quantitative estimate of drug-likeness (QED) is 0.822. The summed E-state index contributed by atoms with van der Waals surface area (Å²) >= 11 is 0. The van der Waals surface area contributed by atoms with Gasteiger partial charge in [-0.15, -0.1) is 0 Å². The van der Waals surface area contributed by atoms with E-state index in [4.69, 9.17) is 5.73 Å². The number of hydrogen-bond acceptors (Lipinski definition) is 2. The van der Waals surface area contributed by atoms with Crippen molar-refractivity contribution >= 4 is 6.03 Å². The second kappa shape index (κ2) is 6.97. The van der Waals surface area contributed by atoms with Crippen molar-refractivity contribution in [1.82, 2.24) is 10.2 Å². The number of carbonyl (C=O) groups excluding carboxylic acids is 1. The monoisotopic (exact) mass is 271 g/mol. The van der Waals surface area contributed by atoms with E-state index in [1.165, 1.54) is 6.42 Å². The first kappa shape index (κ1) is 14.4. The smallest absolute Gasteiger partial charge is 0.317 e. The SMILES string of the molecule is CN(Cc1ccc(C#CCN)cc1)C(=O)NC1CCC1. The van der Waals surface area contributed by atoms with Gasteiger partial charge in [0.25, 0.3) is 0 Å². The van der Waals surface area contributed by atoms with E-state index in [1.807, 2.05) is 31.3 Å². The number of rotatable bonds is 3. The predicted molar refractivity (Wildman–Crippen MR) is 80.0 cm³/mol. The van der Waals surface area contributed by atoms with E-state index in [0.29, 0.717) is 19.1 Å². The lowest BCUT2D eigenvalue weighted by Crippen LogP contribution is -2.45. The van der Waals surface area contributed by atoms with E-state index in [0.717, 1.165) is 24.0 Å². The molecule has 0 bridgehead atoms. The Hall–Kier alpha value is -1.99. The molecule has 4 nitrogen and oxygen atoms in total. The van der Waals surface area contributed by atoms with E-state index in [-0.39, 0.29) is 6.03 Å². The second-order valence-electron chi connectivity index (χ2n) is 5.14. The number of nitrogens with one attached hydrogen (secondary N) is 1. The zero-order valence-electron chi connectivity index (χ0n) is 11.9. The number of urea groups is 1. The molecule has 1 fully saturated rings. The van der Waals surface area contributed by atoms with Gasteiger partial charge in [-0.1, -0.05) is 24.0 Å². The summed E-state index contributed by atoms with van der Waals surface area (Å²) in [7, 11) is 1.82. The van der Waals surface area contributed by atoms with Crippen LogP contribution in [0.3, 0.4) is 0 Å². The fraction of sp³-hybridized carbons (Fsp3) is 0.438. The van der Waals surface area contributed by atoms with Gasteiger partial charge in [0.1, 0.15) is 0 Å². The molecule has 2 rings (SSSR count). The van der Waals surface area contributed by atoms with Crippen molar-refractivity contribution < 1.29 is 4.79 Å². The van der Waals surface area contributed by atoms with Crippen LogP contribution in [0.2, 0.25) is 0 Å². The van der Waals surface area contributed by atoms with Gasteiger partial charge in [-0.3, -0.25) is 0 Å². The Morgan fingerprint density at radius 3 is 2.65 bits per heavy atom. The summed E-state index contributed by atoms with van der Waals surface area (Å²) < 4.78 is 0. The Morgan fingerprint density at radius 2 is 2.10 bits per heavy atom. The summed E-state index contributed by atoms with van der Waals surface area (Å²) in [5.74, 6) is 5.80. The lowest BCUT2D eigenvalue weighted by Gasteiger charge is -2.29. The molecule has 1 aromatic rings. The van der Waals surface area contributed by atoms with Crippen LogP contribution >= 0.6 is 0 Å². The predicted octanol–water partition coefficient (Wildman–Crippen LogP) is 1.69. The fourth-order valence-corrected chi connectivity index (χ4v) is 2.03. The Bertz CT molecular complexity index is 509. The average molecular weight is 271 g/mol. The maximum Gasteiger partial charge on any atom is 0.317 e. The van der Waals surface area contributed by atoms with Crippen molar-refractivity contribution in [2.24, 2.45) is 5.73 Å². The molecule has 1 aliphatic rings. The van der Waals surface area contributed by atoms with Crippen molar-refractivity contribution in [3.05, 3.63) is 35.4 Å². The number of carbonyl (C=O) groups is 1. The molecule has 0 saturated heterocycles. The van der Waals surface area contributed by atoms with Gasteiger partial charge in [-0.05, 0) is 37.0 Å². The first-order valence-corrected chi connectivity index (χ1v) is 6.98. The molecule has 0 atom stereocenters. The van der Waals surface area contributed by atoms with Crippen LogP contribution in [0.4, 0.5) is 4.79 Å². The summed E-state index contributed by atoms with van der Waals surface area (Å²) in [5.41, 5.74) is 7.37. The highest BCUT2D eigenvalue weighted by atomic mass is 16.2. The van der Waals surface area contributed by atoms with Gasteiger partial charge in [-0.25, -0.2) is 4.79 Å². The van der Waals surface area contributed by atoms with Gasteiger partial charge >= 0.3 is 6.03 Å². The first-order chi connectivity index (χ1) is 9.69. The Kier molecular flexibility index (Phi) is 5.03. The number of hydrogen-bond donors (Lipinski definition) is 2. The maximum absolute atomic E-state index is 11.9. The Balaban J connectivity index is 1.86. The molecule has 3 N–H and O–H groups in total. The topological polar surface area (TPSA) is 58.4 Å². The summed E-state index contributed by atoms with van der Waals surface area (Å²) in [6, 6.07) is 8.27. The third-order valence-corrected chi connectivity index (χ3v) is 3.49. The molecule has 0 spiro atoms.